The van der Waals surface area contributed by atoms with Crippen molar-refractivity contribution < 1.29 is 0 Å². The van der Waals surface area contributed by atoms with Crippen molar-refractivity contribution in [2.75, 3.05) is 0 Å². The zero-order valence-corrected chi connectivity index (χ0v) is 12.2. The second-order valence-electron chi connectivity index (χ2n) is 1.56. The molecule has 0 N–H and O–H groups in total. The molecule has 0 aliphatic carbocycles. The molecule has 0 atom stereocenters. The summed E-state index contributed by atoms with van der Waals surface area (Å²) in [4.78, 5) is 0. The minimum absolute atomic E-state index is 0.590. The molecule has 0 amide bonds. The molecule has 0 aliphatic rings. The van der Waals surface area contributed by atoms with E-state index in [9.17, 15) is 0 Å². The maximum absolute atomic E-state index is 3.54. The molecule has 1 heterocycles. The fourth-order valence-electron chi connectivity index (χ4n) is 0.465. The van der Waals surface area contributed by atoms with Crippen molar-refractivity contribution in [2.24, 2.45) is 0 Å². The van der Waals surface area contributed by atoms with Crippen LogP contribution in [-0.2, 0) is 0 Å². The Morgan fingerprint density at radius 3 is 2.00 bits per heavy atom. The number of halogens is 3. The van der Waals surface area contributed by atoms with Crippen molar-refractivity contribution in [1.82, 2.24) is 0 Å². The first kappa shape index (κ1) is 9.03. The van der Waals surface area contributed by atoms with Crippen LogP contribution in [0.2, 0.25) is 0 Å². The zero-order valence-electron chi connectivity index (χ0n) is 4.54. The fourth-order valence-corrected chi connectivity index (χ4v) is 6.30. The van der Waals surface area contributed by atoms with E-state index in [0.717, 1.165) is 0 Å². The van der Waals surface area contributed by atoms with Gasteiger partial charge in [0.25, 0.3) is 0 Å². The minimum atomic E-state index is 0.590. The summed E-state index contributed by atoms with van der Waals surface area (Å²) in [6, 6.07) is 0. The predicted octanol–water partition coefficient (Wildman–Crippen LogP) is 3.02. The molecule has 0 spiro atoms. The van der Waals surface area contributed by atoms with Gasteiger partial charge in [-0.15, -0.1) is 0 Å². The van der Waals surface area contributed by atoms with Crippen LogP contribution in [0.1, 0.15) is 4.44 Å². The first-order chi connectivity index (χ1) is 4.13. The van der Waals surface area contributed by atoms with E-state index in [2.05, 4.69) is 68.0 Å². The first-order valence-electron chi connectivity index (χ1n) is 2.23. The second kappa shape index (κ2) is 3.56. The molecular weight excluding hydrogens is 473 g/mol. The quantitative estimate of drug-likeness (QED) is 0.400. The molecule has 0 fully saturated rings. The van der Waals surface area contributed by atoms with Gasteiger partial charge in [-0.3, -0.25) is 0 Å². The van der Waals surface area contributed by atoms with Crippen LogP contribution >= 0.6 is 61.1 Å². The van der Waals surface area contributed by atoms with Gasteiger partial charge in [0, 0.05) is 0 Å². The van der Waals surface area contributed by atoms with Crippen LogP contribution < -0.4 is 0 Å². The van der Waals surface area contributed by atoms with Crippen molar-refractivity contribution >= 4 is 75.6 Å². The van der Waals surface area contributed by atoms with Crippen LogP contribution in [0.5, 0.6) is 0 Å². The van der Waals surface area contributed by atoms with Gasteiger partial charge in [0.2, 0.25) is 0 Å². The first-order valence-corrected chi connectivity index (χ1v) is 6.89. The summed E-state index contributed by atoms with van der Waals surface area (Å²) < 4.78 is 5.79. The molecule has 0 aliphatic heterocycles. The van der Waals surface area contributed by atoms with Gasteiger partial charge in [-0.05, 0) is 0 Å². The number of hydrogen-bond donors (Lipinski definition) is 0. The van der Waals surface area contributed by atoms with Crippen molar-refractivity contribution in [3.63, 3.8) is 0 Å². The number of hydrogen-bond acceptors (Lipinski definition) is 0. The predicted molar refractivity (Wildman–Crippen MR) is 61.3 cm³/mol. The topological polar surface area (TPSA) is 0 Å². The van der Waals surface area contributed by atoms with Crippen molar-refractivity contribution in [2.45, 2.75) is 6.92 Å². The summed E-state index contributed by atoms with van der Waals surface area (Å²) in [6.45, 7) is 2.20. The SMILES string of the molecule is Cc1[se]c(Br)c(I)c1I. The van der Waals surface area contributed by atoms with Gasteiger partial charge in [0.1, 0.15) is 0 Å². The third-order valence-electron chi connectivity index (χ3n) is 0.917. The van der Waals surface area contributed by atoms with Crippen molar-refractivity contribution in [1.29, 1.82) is 0 Å². The molecule has 0 saturated carbocycles. The maximum atomic E-state index is 3.54. The molecule has 9 heavy (non-hydrogen) atoms. The van der Waals surface area contributed by atoms with E-state index in [1.807, 2.05) is 0 Å². The number of aryl methyl sites for hydroxylation is 1. The Hall–Kier alpha value is 1.94. The van der Waals surface area contributed by atoms with E-state index in [1.54, 1.807) is 4.44 Å². The monoisotopic (exact) mass is 476 g/mol. The average molecular weight is 476 g/mol. The second-order valence-corrected chi connectivity index (χ2v) is 8.26. The summed E-state index contributed by atoms with van der Waals surface area (Å²) in [5, 5.41) is 0. The van der Waals surface area contributed by atoms with E-state index < -0.39 is 0 Å². The molecule has 50 valence electrons. The van der Waals surface area contributed by atoms with Gasteiger partial charge in [0.05, 0.1) is 0 Å². The van der Waals surface area contributed by atoms with E-state index >= 15 is 0 Å². The van der Waals surface area contributed by atoms with Gasteiger partial charge in [0.15, 0.2) is 0 Å². The standard InChI is InChI=1S/C5H3BrI2Se/c1-2-3(7)4(8)5(6)9-2/h1H3. The summed E-state index contributed by atoms with van der Waals surface area (Å²) in [6.07, 6.45) is 0. The molecule has 0 unspecified atom stereocenters. The molecule has 1 aromatic rings. The third-order valence-corrected chi connectivity index (χ3v) is 9.87. The molecule has 0 aromatic carbocycles. The number of rotatable bonds is 0. The molecule has 0 nitrogen and oxygen atoms in total. The molecule has 0 radical (unpaired) electrons. The molecular formula is C5H3BrI2Se. The Balaban J connectivity index is 3.29. The van der Waals surface area contributed by atoms with Crippen molar-refractivity contribution in [3.05, 3.63) is 14.9 Å². The van der Waals surface area contributed by atoms with Gasteiger partial charge in [-0.2, -0.15) is 0 Å². The van der Waals surface area contributed by atoms with Gasteiger partial charge < -0.3 is 0 Å². The summed E-state index contributed by atoms with van der Waals surface area (Å²) in [5.74, 6) is 0. The van der Waals surface area contributed by atoms with Crippen LogP contribution in [0.25, 0.3) is 0 Å². The molecule has 4 heteroatoms. The van der Waals surface area contributed by atoms with E-state index in [-0.39, 0.29) is 0 Å². The van der Waals surface area contributed by atoms with Gasteiger partial charge >= 0.3 is 97.5 Å². The summed E-state index contributed by atoms with van der Waals surface area (Å²) in [7, 11) is 0. The zero-order chi connectivity index (χ0) is 7.02. The Morgan fingerprint density at radius 2 is 1.89 bits per heavy atom. The molecule has 0 bridgehead atoms. The third kappa shape index (κ3) is 1.95. The Labute approximate surface area is 95.9 Å². The van der Waals surface area contributed by atoms with Crippen molar-refractivity contribution in [3.8, 4) is 0 Å². The Morgan fingerprint density at radius 1 is 1.33 bits per heavy atom. The van der Waals surface area contributed by atoms with Gasteiger partial charge in [-0.25, -0.2) is 0 Å². The van der Waals surface area contributed by atoms with Crippen LogP contribution in [0.3, 0.4) is 0 Å². The average Bonchev–Trinajstić information content (AvgIpc) is 1.98. The van der Waals surface area contributed by atoms with E-state index in [1.165, 1.54) is 10.5 Å². The Kier molecular flexibility index (Phi) is 3.57. The van der Waals surface area contributed by atoms with Crippen LogP contribution in [0, 0.1) is 14.1 Å². The van der Waals surface area contributed by atoms with Crippen LogP contribution in [-0.4, -0.2) is 14.5 Å². The van der Waals surface area contributed by atoms with Gasteiger partial charge in [-0.1, -0.05) is 0 Å². The van der Waals surface area contributed by atoms with Crippen LogP contribution in [0.15, 0.2) is 3.35 Å². The molecule has 1 aromatic heterocycles. The molecule has 0 saturated heterocycles. The van der Waals surface area contributed by atoms with Crippen LogP contribution in [0.4, 0.5) is 0 Å². The fraction of sp³-hybridized carbons (Fsp3) is 0.200. The normalized spacial score (nSPS) is 10.2. The molecule has 1 rings (SSSR count). The van der Waals surface area contributed by atoms with E-state index in [0.29, 0.717) is 14.5 Å². The Bertz CT molecular complexity index is 209. The summed E-state index contributed by atoms with van der Waals surface area (Å²) in [5.41, 5.74) is 0. The van der Waals surface area contributed by atoms with E-state index in [4.69, 9.17) is 0 Å². The summed E-state index contributed by atoms with van der Waals surface area (Å²) >= 11 is 8.91.